The lowest BCUT2D eigenvalue weighted by Crippen LogP contribution is -2.59. The van der Waals surface area contributed by atoms with E-state index in [4.69, 9.17) is 0 Å². The molecule has 0 radical (unpaired) electrons. The molecule has 5 nitrogen and oxygen atoms in total. The summed E-state index contributed by atoms with van der Waals surface area (Å²) in [6.45, 7) is 13.6. The van der Waals surface area contributed by atoms with Gasteiger partial charge in [0.2, 0.25) is 0 Å². The van der Waals surface area contributed by atoms with Crippen molar-refractivity contribution >= 4 is 118 Å². The van der Waals surface area contributed by atoms with Gasteiger partial charge in [-0.15, -0.1) is 0 Å². The Bertz CT molecular complexity index is 5990. The zero-order valence-corrected chi connectivity index (χ0v) is 62.0. The predicted octanol–water partition coefficient (Wildman–Crippen LogP) is 24.8. The lowest BCUT2D eigenvalue weighted by molar-refractivity contribution is 0.590. The number of benzene rings is 15. The molecule has 6 heteroatoms. The molecule has 19 rings (SSSR count). The van der Waals surface area contributed by atoms with Crippen LogP contribution in [0.5, 0.6) is 0 Å². The lowest BCUT2D eigenvalue weighted by atomic mass is 9.34. The monoisotopic (exact) mass is 1390 g/mol. The Morgan fingerprint density at radius 1 is 0.287 bits per heavy atom. The molecular formula is C102H84BN5. The van der Waals surface area contributed by atoms with Gasteiger partial charge >= 0.3 is 0 Å². The molecule has 1 unspecified atom stereocenters. The molecule has 1 atom stereocenters. The molecule has 0 saturated carbocycles. The van der Waals surface area contributed by atoms with Crippen molar-refractivity contribution < 1.29 is 0 Å². The van der Waals surface area contributed by atoms with Gasteiger partial charge in [-0.05, 0) is 218 Å². The summed E-state index contributed by atoms with van der Waals surface area (Å²) in [6, 6.07) is 137. The van der Waals surface area contributed by atoms with Crippen molar-refractivity contribution in [3.63, 3.8) is 0 Å². The minimum Gasteiger partial charge on any atom is -0.311 e. The number of fused-ring (bicyclic) bond motifs is 10. The summed E-state index contributed by atoms with van der Waals surface area (Å²) in [7, 11) is 0. The average molecular weight is 1390 g/mol. The molecule has 108 heavy (non-hydrogen) atoms. The first kappa shape index (κ1) is 66.1. The number of para-hydroxylation sites is 4. The van der Waals surface area contributed by atoms with E-state index in [1.165, 1.54) is 105 Å². The smallest absolute Gasteiger partial charge is 0.252 e. The van der Waals surface area contributed by atoms with Gasteiger partial charge in [-0.25, -0.2) is 0 Å². The standard InChI is InChI=1S/C102H84BN5/c1-101(2,3)75-48-52-81(53-49-75)106(82-54-50-76(51-55-82)102(4,5)6)96-60-59-95-97-100(96)108-94-58-56-83(104(77-39-23-11-24-40-77)78-41-25-12-26-42-78)66-88(94)89-64-74(86(73-37-21-10-22-38-73)61-69-31-15-7-16-32-69)65-91(99(89)108)103(97)92-68-84(105(79-43-27-13-28-44-79)80-45-29-14-30-46-80)67-90-87-63-70(47-57-93(87)107(95)98(90)92)62-85(71-33-17-8-18-34-71)72-35-19-9-20-36-72/h7-60,63-68,85-86H,61-62H2,1-6H3. The van der Waals surface area contributed by atoms with E-state index in [0.717, 1.165) is 75.2 Å². The van der Waals surface area contributed by atoms with Crippen molar-refractivity contribution in [3.05, 3.63) is 408 Å². The molecule has 0 saturated heterocycles. The van der Waals surface area contributed by atoms with Crippen LogP contribution in [0.2, 0.25) is 0 Å². The quantitative estimate of drug-likeness (QED) is 0.0847. The van der Waals surface area contributed by atoms with Gasteiger partial charge in [-0.3, -0.25) is 0 Å². The highest BCUT2D eigenvalue weighted by Gasteiger charge is 2.44. The first-order chi connectivity index (χ1) is 52.9. The summed E-state index contributed by atoms with van der Waals surface area (Å²) in [5.41, 5.74) is 31.0. The van der Waals surface area contributed by atoms with Crippen LogP contribution in [-0.4, -0.2) is 15.8 Å². The minimum atomic E-state index is -0.284. The second-order valence-corrected chi connectivity index (χ2v) is 31.6. The fourth-order valence-corrected chi connectivity index (χ4v) is 17.7. The fraction of sp³-hybridized carbons (Fsp3) is 0.118. The van der Waals surface area contributed by atoms with E-state index < -0.39 is 0 Å². The first-order valence-corrected chi connectivity index (χ1v) is 38.3. The van der Waals surface area contributed by atoms with Crippen LogP contribution in [0.25, 0.3) is 55.0 Å². The number of nitrogens with zero attached hydrogens (tertiary/aromatic N) is 5. The van der Waals surface area contributed by atoms with Crippen LogP contribution in [0, 0.1) is 0 Å². The molecule has 0 fully saturated rings. The largest absolute Gasteiger partial charge is 0.311 e. The van der Waals surface area contributed by atoms with E-state index in [-0.39, 0.29) is 29.4 Å². The number of hydrogen-bond acceptors (Lipinski definition) is 3. The van der Waals surface area contributed by atoms with Gasteiger partial charge in [0.05, 0.1) is 22.4 Å². The Morgan fingerprint density at radius 2 is 0.667 bits per heavy atom. The van der Waals surface area contributed by atoms with Crippen LogP contribution in [0.1, 0.15) is 97.9 Å². The summed E-state index contributed by atoms with van der Waals surface area (Å²) in [4.78, 5) is 7.48. The van der Waals surface area contributed by atoms with Crippen LogP contribution < -0.4 is 31.1 Å². The van der Waals surface area contributed by atoms with E-state index in [2.05, 4.69) is 429 Å². The Kier molecular flexibility index (Phi) is 16.4. The van der Waals surface area contributed by atoms with Crippen molar-refractivity contribution in [2.75, 3.05) is 14.7 Å². The number of rotatable bonds is 17. The van der Waals surface area contributed by atoms with Crippen LogP contribution in [0.15, 0.2) is 364 Å². The van der Waals surface area contributed by atoms with Crippen LogP contribution in [0.3, 0.4) is 0 Å². The number of anilines is 9. The highest BCUT2D eigenvalue weighted by molar-refractivity contribution is 7.00. The van der Waals surface area contributed by atoms with Crippen LogP contribution in [-0.2, 0) is 23.7 Å². The molecule has 17 aromatic rings. The second-order valence-electron chi connectivity index (χ2n) is 31.6. The van der Waals surface area contributed by atoms with E-state index in [1.54, 1.807) is 0 Å². The molecule has 0 bridgehead atoms. The molecule has 0 N–H and O–H groups in total. The Balaban J connectivity index is 0.969. The summed E-state index contributed by atoms with van der Waals surface area (Å²) in [5.74, 6) is 0.138. The van der Waals surface area contributed by atoms with Gasteiger partial charge in [0, 0.05) is 95.6 Å². The lowest BCUT2D eigenvalue weighted by Gasteiger charge is -2.38. The summed E-state index contributed by atoms with van der Waals surface area (Å²) >= 11 is 0. The van der Waals surface area contributed by atoms with E-state index in [9.17, 15) is 0 Å². The summed E-state index contributed by atoms with van der Waals surface area (Å²) < 4.78 is 5.38. The van der Waals surface area contributed by atoms with E-state index >= 15 is 0 Å². The van der Waals surface area contributed by atoms with Gasteiger partial charge in [-0.2, -0.15) is 0 Å². The topological polar surface area (TPSA) is 19.6 Å². The third kappa shape index (κ3) is 11.6. The van der Waals surface area contributed by atoms with Gasteiger partial charge in [0.1, 0.15) is 0 Å². The van der Waals surface area contributed by atoms with Gasteiger partial charge in [0.25, 0.3) is 6.71 Å². The zero-order chi connectivity index (χ0) is 72.8. The minimum absolute atomic E-state index is 0.00198. The van der Waals surface area contributed by atoms with E-state index in [1.807, 2.05) is 0 Å². The Labute approximate surface area is 634 Å². The van der Waals surface area contributed by atoms with Crippen LogP contribution in [0.4, 0.5) is 51.2 Å². The maximum absolute atomic E-state index is 2.71. The van der Waals surface area contributed by atoms with Crippen LogP contribution >= 0.6 is 0 Å². The normalized spacial score (nSPS) is 12.6. The SMILES string of the molecule is CC(C)(C)c1ccc(N(c2ccc(C(C)(C)C)cc2)c2ccc3c4c2-n2c5ccc(N(c6ccccc6)c6ccccc6)cc5c5cc(C(Cc6ccccc6)c6ccccc6)cc(c52)B4c2cc(N(c4ccccc4)c4ccccc4)cc4c5cc(CC(c6ccccc6)c6ccccc6)ccc5n-3c24)cc1. The predicted molar refractivity (Wildman–Crippen MR) is 458 cm³/mol. The highest BCUT2D eigenvalue weighted by Crippen LogP contribution is 2.50. The second kappa shape index (κ2) is 26.7. The Hall–Kier alpha value is -12.6. The van der Waals surface area contributed by atoms with Crippen molar-refractivity contribution in [3.8, 4) is 11.4 Å². The summed E-state index contributed by atoms with van der Waals surface area (Å²) in [5, 5.41) is 4.86. The fourth-order valence-electron chi connectivity index (χ4n) is 17.7. The molecule has 2 aliphatic heterocycles. The highest BCUT2D eigenvalue weighted by atomic mass is 15.2. The van der Waals surface area contributed by atoms with Crippen molar-refractivity contribution in [2.45, 2.75) is 77.0 Å². The molecule has 2 aliphatic rings. The van der Waals surface area contributed by atoms with Crippen molar-refractivity contribution in [1.82, 2.24) is 9.13 Å². The number of hydrogen-bond donors (Lipinski definition) is 0. The molecule has 520 valence electrons. The Morgan fingerprint density at radius 3 is 1.17 bits per heavy atom. The molecule has 0 spiro atoms. The van der Waals surface area contributed by atoms with Gasteiger partial charge < -0.3 is 23.8 Å². The maximum atomic E-state index is 2.71. The number of aromatic nitrogens is 2. The molecular weight excluding hydrogens is 1310 g/mol. The summed E-state index contributed by atoms with van der Waals surface area (Å²) in [6.07, 6.45) is 1.65. The molecule has 2 aromatic heterocycles. The van der Waals surface area contributed by atoms with Crippen molar-refractivity contribution in [1.29, 1.82) is 0 Å². The molecule has 0 aliphatic carbocycles. The molecule has 15 aromatic carbocycles. The third-order valence-electron chi connectivity index (χ3n) is 22.9. The molecule has 0 amide bonds. The van der Waals surface area contributed by atoms with Crippen molar-refractivity contribution in [2.24, 2.45) is 0 Å². The third-order valence-corrected chi connectivity index (χ3v) is 22.9. The molecule has 4 heterocycles. The average Bonchev–Trinajstić information content (AvgIpc) is 1.46. The maximum Gasteiger partial charge on any atom is 0.252 e. The first-order valence-electron chi connectivity index (χ1n) is 38.3. The van der Waals surface area contributed by atoms with E-state index in [0.29, 0.717) is 0 Å². The zero-order valence-electron chi connectivity index (χ0n) is 62.0. The van der Waals surface area contributed by atoms with Gasteiger partial charge in [0.15, 0.2) is 0 Å². The van der Waals surface area contributed by atoms with Gasteiger partial charge in [-0.1, -0.05) is 272 Å².